The van der Waals surface area contributed by atoms with Crippen LogP contribution in [0.5, 0.6) is 0 Å². The molecule has 0 aliphatic rings. The van der Waals surface area contributed by atoms with Crippen molar-refractivity contribution in [2.75, 3.05) is 4.72 Å². The second kappa shape index (κ2) is 5.54. The van der Waals surface area contributed by atoms with Gasteiger partial charge in [0.2, 0.25) is 0 Å². The second-order valence-electron chi connectivity index (χ2n) is 4.45. The number of anilines is 1. The monoisotopic (exact) mass is 357 g/mol. The van der Waals surface area contributed by atoms with Crippen LogP contribution in [-0.2, 0) is 10.0 Å². The Labute approximate surface area is 126 Å². The van der Waals surface area contributed by atoms with Crippen molar-refractivity contribution >= 4 is 31.6 Å². The largest absolute Gasteiger partial charge is 0.278 e. The molecule has 0 amide bonds. The van der Waals surface area contributed by atoms with Crippen molar-refractivity contribution in [3.05, 3.63) is 57.8 Å². The van der Waals surface area contributed by atoms with Gasteiger partial charge in [0.25, 0.3) is 10.0 Å². The number of para-hydroxylation sites is 1. The second-order valence-corrected chi connectivity index (χ2v) is 6.93. The third-order valence-corrected chi connectivity index (χ3v) is 5.17. The molecule has 2 rings (SSSR count). The van der Waals surface area contributed by atoms with Crippen LogP contribution in [0, 0.1) is 19.7 Å². The number of hydrogen-bond donors (Lipinski definition) is 1. The molecule has 0 unspecified atom stereocenters. The Bertz CT molecular complexity index is 737. The normalized spacial score (nSPS) is 11.4. The van der Waals surface area contributed by atoms with Crippen molar-refractivity contribution in [2.24, 2.45) is 0 Å². The highest BCUT2D eigenvalue weighted by Gasteiger charge is 2.21. The molecule has 0 aliphatic carbocycles. The predicted octanol–water partition coefficient (Wildman–Crippen LogP) is 4.01. The van der Waals surface area contributed by atoms with E-state index in [1.165, 1.54) is 12.1 Å². The summed E-state index contributed by atoms with van der Waals surface area (Å²) in [5, 5.41) is 0. The lowest BCUT2D eigenvalue weighted by atomic mass is 10.1. The summed E-state index contributed by atoms with van der Waals surface area (Å²) in [4.78, 5) is 0.106. The predicted molar refractivity (Wildman–Crippen MR) is 80.8 cm³/mol. The third-order valence-electron chi connectivity index (χ3n) is 2.81. The van der Waals surface area contributed by atoms with Crippen molar-refractivity contribution in [3.8, 4) is 0 Å². The van der Waals surface area contributed by atoms with Crippen molar-refractivity contribution in [3.63, 3.8) is 0 Å². The van der Waals surface area contributed by atoms with E-state index in [4.69, 9.17) is 0 Å². The molecule has 6 heteroatoms. The average Bonchev–Trinajstić information content (AvgIpc) is 2.30. The molecule has 0 radical (unpaired) electrons. The van der Waals surface area contributed by atoms with Gasteiger partial charge in [-0.15, -0.1) is 0 Å². The minimum absolute atomic E-state index is 0.106. The van der Waals surface area contributed by atoms with Gasteiger partial charge in [-0.05, 0) is 65.2 Å². The van der Waals surface area contributed by atoms with E-state index in [-0.39, 0.29) is 4.90 Å². The zero-order valence-corrected chi connectivity index (χ0v) is 13.3. The molecule has 2 aromatic rings. The third kappa shape index (κ3) is 3.02. The number of halogens is 2. The first kappa shape index (κ1) is 15.0. The summed E-state index contributed by atoms with van der Waals surface area (Å²) >= 11 is 3.28. The smallest absolute Gasteiger partial charge is 0.262 e. The fourth-order valence-electron chi connectivity index (χ4n) is 2.06. The van der Waals surface area contributed by atoms with Crippen LogP contribution in [-0.4, -0.2) is 8.42 Å². The minimum Gasteiger partial charge on any atom is -0.278 e. The summed E-state index contributed by atoms with van der Waals surface area (Å²) in [6.45, 7) is 3.15. The highest BCUT2D eigenvalue weighted by molar-refractivity contribution is 9.10. The van der Waals surface area contributed by atoms with Gasteiger partial charge in [0.15, 0.2) is 0 Å². The van der Waals surface area contributed by atoms with Gasteiger partial charge in [-0.3, -0.25) is 4.72 Å². The first-order valence-corrected chi connectivity index (χ1v) is 8.13. The van der Waals surface area contributed by atoms with Gasteiger partial charge in [-0.2, -0.15) is 0 Å². The fraction of sp³-hybridized carbons (Fsp3) is 0.143. The van der Waals surface area contributed by atoms with E-state index >= 15 is 0 Å². The molecule has 2 aromatic carbocycles. The first-order valence-electron chi connectivity index (χ1n) is 5.85. The van der Waals surface area contributed by atoms with Crippen LogP contribution in [0.3, 0.4) is 0 Å². The van der Waals surface area contributed by atoms with Crippen LogP contribution in [0.1, 0.15) is 11.1 Å². The topological polar surface area (TPSA) is 46.2 Å². The summed E-state index contributed by atoms with van der Waals surface area (Å²) in [7, 11) is -3.76. The molecule has 0 aromatic heterocycles. The zero-order chi connectivity index (χ0) is 14.9. The molecule has 20 heavy (non-hydrogen) atoms. The van der Waals surface area contributed by atoms with Gasteiger partial charge >= 0.3 is 0 Å². The van der Waals surface area contributed by atoms with E-state index in [9.17, 15) is 12.8 Å². The number of aryl methyl sites for hydroxylation is 2. The van der Waals surface area contributed by atoms with Gasteiger partial charge < -0.3 is 0 Å². The quantitative estimate of drug-likeness (QED) is 0.901. The lowest BCUT2D eigenvalue weighted by Crippen LogP contribution is -2.16. The molecule has 3 nitrogen and oxygen atoms in total. The van der Waals surface area contributed by atoms with Crippen LogP contribution in [0.15, 0.2) is 45.8 Å². The van der Waals surface area contributed by atoms with Gasteiger partial charge in [0.05, 0.1) is 10.6 Å². The molecule has 0 heterocycles. The van der Waals surface area contributed by atoms with E-state index in [1.807, 2.05) is 0 Å². The van der Waals surface area contributed by atoms with Crippen LogP contribution >= 0.6 is 15.9 Å². The number of benzene rings is 2. The number of sulfonamides is 1. The Kier molecular flexibility index (Phi) is 4.15. The van der Waals surface area contributed by atoms with Crippen molar-refractivity contribution in [1.82, 2.24) is 0 Å². The van der Waals surface area contributed by atoms with E-state index < -0.39 is 15.8 Å². The summed E-state index contributed by atoms with van der Waals surface area (Å²) in [5.41, 5.74) is 1.19. The standard InChI is InChI=1S/C14H13BrFNO2S/c1-9-7-11(16)8-10(2)14(9)20(18,19)17-13-6-4-3-5-12(13)15/h3-8,17H,1-2H3. The molecule has 0 saturated carbocycles. The number of nitrogens with one attached hydrogen (secondary N) is 1. The average molecular weight is 358 g/mol. The maximum atomic E-state index is 13.3. The Hall–Kier alpha value is -1.40. The molecular weight excluding hydrogens is 345 g/mol. The van der Waals surface area contributed by atoms with Crippen LogP contribution in [0.2, 0.25) is 0 Å². The Morgan fingerprint density at radius 1 is 1.10 bits per heavy atom. The Morgan fingerprint density at radius 2 is 1.65 bits per heavy atom. The minimum atomic E-state index is -3.76. The summed E-state index contributed by atoms with van der Waals surface area (Å²) < 4.78 is 41.3. The zero-order valence-electron chi connectivity index (χ0n) is 10.9. The molecule has 0 aliphatic heterocycles. The lowest BCUT2D eigenvalue weighted by molar-refractivity contribution is 0.597. The van der Waals surface area contributed by atoms with Gasteiger partial charge in [0.1, 0.15) is 5.82 Å². The highest BCUT2D eigenvalue weighted by atomic mass is 79.9. The van der Waals surface area contributed by atoms with Crippen LogP contribution in [0.4, 0.5) is 10.1 Å². The maximum absolute atomic E-state index is 13.3. The van der Waals surface area contributed by atoms with Gasteiger partial charge in [0, 0.05) is 4.47 Å². The molecule has 0 fully saturated rings. The molecule has 0 spiro atoms. The van der Waals surface area contributed by atoms with E-state index in [2.05, 4.69) is 20.7 Å². The van der Waals surface area contributed by atoms with Crippen molar-refractivity contribution in [2.45, 2.75) is 18.7 Å². The van der Waals surface area contributed by atoms with E-state index in [1.54, 1.807) is 38.1 Å². The molecule has 0 atom stereocenters. The molecule has 106 valence electrons. The van der Waals surface area contributed by atoms with Gasteiger partial charge in [-0.25, -0.2) is 12.8 Å². The van der Waals surface area contributed by atoms with E-state index in [0.717, 1.165) is 0 Å². The number of rotatable bonds is 3. The lowest BCUT2D eigenvalue weighted by Gasteiger charge is -2.14. The maximum Gasteiger partial charge on any atom is 0.262 e. The van der Waals surface area contributed by atoms with E-state index in [0.29, 0.717) is 21.3 Å². The van der Waals surface area contributed by atoms with Crippen molar-refractivity contribution < 1.29 is 12.8 Å². The fourth-order valence-corrected chi connectivity index (χ4v) is 4.11. The summed E-state index contributed by atoms with van der Waals surface area (Å²) in [6, 6.07) is 9.32. The Morgan fingerprint density at radius 3 is 2.20 bits per heavy atom. The van der Waals surface area contributed by atoms with Crippen molar-refractivity contribution in [1.29, 1.82) is 0 Å². The number of hydrogen-bond acceptors (Lipinski definition) is 2. The first-order chi connectivity index (χ1) is 9.31. The molecule has 0 saturated heterocycles. The highest BCUT2D eigenvalue weighted by Crippen LogP contribution is 2.27. The Balaban J connectivity index is 2.50. The molecule has 0 bridgehead atoms. The SMILES string of the molecule is Cc1cc(F)cc(C)c1S(=O)(=O)Nc1ccccc1Br. The van der Waals surface area contributed by atoms with Crippen LogP contribution in [0.25, 0.3) is 0 Å². The summed E-state index contributed by atoms with van der Waals surface area (Å²) in [5.74, 6) is -0.445. The van der Waals surface area contributed by atoms with Gasteiger partial charge in [-0.1, -0.05) is 12.1 Å². The molecular formula is C14H13BrFNO2S. The van der Waals surface area contributed by atoms with Crippen LogP contribution < -0.4 is 4.72 Å². The molecule has 1 N–H and O–H groups in total. The summed E-state index contributed by atoms with van der Waals surface area (Å²) in [6.07, 6.45) is 0.